The number of esters is 1. The largest absolute Gasteiger partial charge is 0.497 e. The van der Waals surface area contributed by atoms with Gasteiger partial charge in [0.1, 0.15) is 29.7 Å². The fraction of sp³-hybridized carbons (Fsp3) is 0.207. The zero-order valence-electron chi connectivity index (χ0n) is 20.8. The minimum absolute atomic E-state index is 0.0809. The fourth-order valence-electron chi connectivity index (χ4n) is 3.88. The third kappa shape index (κ3) is 5.98. The maximum absolute atomic E-state index is 12.9. The van der Waals surface area contributed by atoms with Gasteiger partial charge in [-0.3, -0.25) is 0 Å². The van der Waals surface area contributed by atoms with Crippen LogP contribution in [0.4, 0.5) is 4.79 Å². The number of hydrogen-bond acceptors (Lipinski definition) is 7. The molecule has 0 saturated heterocycles. The van der Waals surface area contributed by atoms with E-state index in [0.29, 0.717) is 34.3 Å². The van der Waals surface area contributed by atoms with Gasteiger partial charge in [-0.15, -0.1) is 0 Å². The number of hydrogen-bond donors (Lipinski definition) is 1. The number of rotatable bonds is 8. The number of aryl methyl sites for hydroxylation is 1. The molecule has 0 bridgehead atoms. The van der Waals surface area contributed by atoms with E-state index < -0.39 is 23.7 Å². The molecule has 0 saturated carbocycles. The first-order valence-corrected chi connectivity index (χ1v) is 11.8. The van der Waals surface area contributed by atoms with Crippen molar-refractivity contribution < 1.29 is 28.2 Å². The second kappa shape index (κ2) is 11.4. The average Bonchev–Trinajstić information content (AvgIpc) is 2.92. The third-order valence-electron chi connectivity index (χ3n) is 5.92. The molecule has 1 heterocycles. The summed E-state index contributed by atoms with van der Waals surface area (Å²) >= 11 is 0. The van der Waals surface area contributed by atoms with Gasteiger partial charge in [-0.25, -0.2) is 14.4 Å². The van der Waals surface area contributed by atoms with E-state index in [-0.39, 0.29) is 12.4 Å². The minimum Gasteiger partial charge on any atom is -0.497 e. The second-order valence-electron chi connectivity index (χ2n) is 8.36. The van der Waals surface area contributed by atoms with Gasteiger partial charge >= 0.3 is 17.7 Å². The first kappa shape index (κ1) is 25.5. The minimum atomic E-state index is -0.920. The van der Waals surface area contributed by atoms with E-state index in [0.717, 1.165) is 11.1 Å². The molecule has 1 amide bonds. The van der Waals surface area contributed by atoms with Gasteiger partial charge in [0, 0.05) is 17.0 Å². The molecule has 8 heteroatoms. The van der Waals surface area contributed by atoms with Crippen LogP contribution >= 0.6 is 0 Å². The van der Waals surface area contributed by atoms with Crippen molar-refractivity contribution in [2.45, 2.75) is 32.9 Å². The monoisotopic (exact) mass is 501 g/mol. The molecule has 0 spiro atoms. The van der Waals surface area contributed by atoms with Crippen molar-refractivity contribution in [2.24, 2.45) is 0 Å². The maximum atomic E-state index is 12.9. The molecule has 37 heavy (non-hydrogen) atoms. The van der Waals surface area contributed by atoms with E-state index in [1.165, 1.54) is 6.07 Å². The molecule has 1 atom stereocenters. The van der Waals surface area contributed by atoms with Gasteiger partial charge in [-0.2, -0.15) is 0 Å². The molecule has 8 nitrogen and oxygen atoms in total. The second-order valence-corrected chi connectivity index (χ2v) is 8.36. The Morgan fingerprint density at radius 2 is 1.73 bits per heavy atom. The maximum Gasteiger partial charge on any atom is 0.408 e. The van der Waals surface area contributed by atoms with Crippen LogP contribution < -0.4 is 20.4 Å². The van der Waals surface area contributed by atoms with Gasteiger partial charge in [-0.1, -0.05) is 49.4 Å². The van der Waals surface area contributed by atoms with Crippen LogP contribution in [-0.4, -0.2) is 25.2 Å². The molecule has 4 rings (SSSR count). The number of ether oxygens (including phenoxy) is 3. The van der Waals surface area contributed by atoms with Crippen molar-refractivity contribution in [1.82, 2.24) is 5.32 Å². The SMILES string of the molecule is CCC(NC(=O)OCc1ccccc1)C(=O)Oc1ccc2c(-c3ccc(OC)cc3)cc(=O)oc2c1C. The Bertz CT molecular complexity index is 1460. The lowest BCUT2D eigenvalue weighted by atomic mass is 10.00. The van der Waals surface area contributed by atoms with Crippen LogP contribution in [-0.2, 0) is 16.1 Å². The summed E-state index contributed by atoms with van der Waals surface area (Å²) in [6, 6.07) is 20.4. The normalized spacial score (nSPS) is 11.5. The van der Waals surface area contributed by atoms with E-state index in [2.05, 4.69) is 5.32 Å². The van der Waals surface area contributed by atoms with Gasteiger partial charge in [0.15, 0.2) is 0 Å². The summed E-state index contributed by atoms with van der Waals surface area (Å²) in [5, 5.41) is 3.23. The Balaban J connectivity index is 1.52. The van der Waals surface area contributed by atoms with Gasteiger partial charge in [0.05, 0.1) is 7.11 Å². The number of amides is 1. The van der Waals surface area contributed by atoms with Crippen molar-refractivity contribution in [2.75, 3.05) is 7.11 Å². The van der Waals surface area contributed by atoms with Crippen molar-refractivity contribution in [3.8, 4) is 22.6 Å². The van der Waals surface area contributed by atoms with E-state index in [4.69, 9.17) is 18.6 Å². The molecule has 0 aliphatic carbocycles. The number of methoxy groups -OCH3 is 1. The van der Waals surface area contributed by atoms with Crippen LogP contribution in [0, 0.1) is 6.92 Å². The highest BCUT2D eigenvalue weighted by atomic mass is 16.6. The van der Waals surface area contributed by atoms with Crippen LogP contribution in [0.25, 0.3) is 22.1 Å². The summed E-state index contributed by atoms with van der Waals surface area (Å²) in [7, 11) is 1.58. The highest BCUT2D eigenvalue weighted by Crippen LogP contribution is 2.34. The van der Waals surface area contributed by atoms with E-state index >= 15 is 0 Å². The highest BCUT2D eigenvalue weighted by molar-refractivity contribution is 5.96. The number of alkyl carbamates (subject to hydrolysis) is 1. The van der Waals surface area contributed by atoms with Gasteiger partial charge < -0.3 is 23.9 Å². The average molecular weight is 502 g/mol. The van der Waals surface area contributed by atoms with Crippen molar-refractivity contribution in [3.05, 3.63) is 94.3 Å². The first-order chi connectivity index (χ1) is 17.9. The molecule has 3 aromatic carbocycles. The Morgan fingerprint density at radius 1 is 1.00 bits per heavy atom. The topological polar surface area (TPSA) is 104 Å². The van der Waals surface area contributed by atoms with Gasteiger partial charge in [-0.05, 0) is 54.3 Å². The molecule has 0 fully saturated rings. The van der Waals surface area contributed by atoms with E-state index in [9.17, 15) is 14.4 Å². The molecule has 4 aromatic rings. The third-order valence-corrected chi connectivity index (χ3v) is 5.92. The molecule has 0 radical (unpaired) electrons. The van der Waals surface area contributed by atoms with E-state index in [1.54, 1.807) is 33.1 Å². The van der Waals surface area contributed by atoms with E-state index in [1.807, 2.05) is 54.6 Å². The van der Waals surface area contributed by atoms with Crippen LogP contribution in [0.1, 0.15) is 24.5 Å². The predicted octanol–water partition coefficient (Wildman–Crippen LogP) is 5.39. The molecule has 1 unspecified atom stereocenters. The molecule has 0 aliphatic rings. The summed E-state index contributed by atoms with van der Waals surface area (Å²) in [5.41, 5.74) is 2.60. The standard InChI is InChI=1S/C29H27NO7/c1-4-24(30-29(33)35-17-19-8-6-5-7-9-19)28(32)36-25-15-14-22-23(16-26(31)37-27(22)18(25)2)20-10-12-21(34-3)13-11-20/h5-16,24H,4,17H2,1-3H3,(H,30,33). The summed E-state index contributed by atoms with van der Waals surface area (Å²) in [6.45, 7) is 3.53. The first-order valence-electron chi connectivity index (χ1n) is 11.8. The number of benzene rings is 3. The summed E-state index contributed by atoms with van der Waals surface area (Å²) < 4.78 is 21.5. The Hall–Kier alpha value is -4.59. The number of carbonyl (C=O) groups excluding carboxylic acids is 2. The van der Waals surface area contributed by atoms with Crippen molar-refractivity contribution >= 4 is 23.0 Å². The molecular weight excluding hydrogens is 474 g/mol. The Kier molecular flexibility index (Phi) is 7.88. The predicted molar refractivity (Wildman–Crippen MR) is 139 cm³/mol. The molecule has 1 N–H and O–H groups in total. The summed E-state index contributed by atoms with van der Waals surface area (Å²) in [6.07, 6.45) is -0.430. The highest BCUT2D eigenvalue weighted by Gasteiger charge is 2.23. The summed E-state index contributed by atoms with van der Waals surface area (Å²) in [4.78, 5) is 37.5. The lowest BCUT2D eigenvalue weighted by Crippen LogP contribution is -2.42. The van der Waals surface area contributed by atoms with Crippen LogP contribution in [0.2, 0.25) is 0 Å². The quantitative estimate of drug-likeness (QED) is 0.196. The Morgan fingerprint density at radius 3 is 2.41 bits per heavy atom. The lowest BCUT2D eigenvalue weighted by Gasteiger charge is -2.17. The smallest absolute Gasteiger partial charge is 0.408 e. The number of carbonyl (C=O) groups is 2. The zero-order valence-corrected chi connectivity index (χ0v) is 20.8. The van der Waals surface area contributed by atoms with Gasteiger partial charge in [0.2, 0.25) is 0 Å². The van der Waals surface area contributed by atoms with Crippen LogP contribution in [0.3, 0.4) is 0 Å². The number of nitrogens with one attached hydrogen (secondary N) is 1. The molecular formula is C29H27NO7. The van der Waals surface area contributed by atoms with Gasteiger partial charge in [0.25, 0.3) is 0 Å². The zero-order chi connectivity index (χ0) is 26.4. The van der Waals surface area contributed by atoms with Crippen LogP contribution in [0.5, 0.6) is 11.5 Å². The van der Waals surface area contributed by atoms with Crippen molar-refractivity contribution in [1.29, 1.82) is 0 Å². The lowest BCUT2D eigenvalue weighted by molar-refractivity contribution is -0.136. The molecule has 190 valence electrons. The van der Waals surface area contributed by atoms with Crippen LogP contribution in [0.15, 0.2) is 82.0 Å². The number of fused-ring (bicyclic) bond motifs is 1. The molecule has 1 aromatic heterocycles. The summed E-state index contributed by atoms with van der Waals surface area (Å²) in [5.74, 6) is 0.269. The fourth-order valence-corrected chi connectivity index (χ4v) is 3.88. The molecule has 0 aliphatic heterocycles. The Labute approximate surface area is 213 Å². The van der Waals surface area contributed by atoms with Crippen molar-refractivity contribution in [3.63, 3.8) is 0 Å².